The molecular formula is C53H58N10O7S. The highest BCUT2D eigenvalue weighted by molar-refractivity contribution is 7.14. The summed E-state index contributed by atoms with van der Waals surface area (Å²) >= 11 is 1.59. The summed E-state index contributed by atoms with van der Waals surface area (Å²) in [4.78, 5) is 91.1. The predicted octanol–water partition coefficient (Wildman–Crippen LogP) is 6.46. The van der Waals surface area contributed by atoms with Crippen LogP contribution in [0, 0.1) is 0 Å². The van der Waals surface area contributed by atoms with E-state index in [-0.39, 0.29) is 53.5 Å². The molecule has 3 fully saturated rings. The topological polar surface area (TPSA) is 194 Å². The second-order valence-corrected chi connectivity index (χ2v) is 20.7. The van der Waals surface area contributed by atoms with Gasteiger partial charge >= 0.3 is 0 Å². The van der Waals surface area contributed by atoms with Crippen LogP contribution in [0.3, 0.4) is 0 Å². The van der Waals surface area contributed by atoms with Gasteiger partial charge in [-0.1, -0.05) is 0 Å². The number of amides is 5. The van der Waals surface area contributed by atoms with Gasteiger partial charge in [-0.05, 0) is 131 Å². The number of imide groups is 2. The Kier molecular flexibility index (Phi) is 11.4. The van der Waals surface area contributed by atoms with E-state index in [2.05, 4.69) is 49.1 Å². The molecule has 71 heavy (non-hydrogen) atoms. The highest BCUT2D eigenvalue weighted by Gasteiger charge is 2.45. The Hall–Kier alpha value is -6.76. The van der Waals surface area contributed by atoms with Gasteiger partial charge < -0.3 is 25.0 Å². The summed E-state index contributed by atoms with van der Waals surface area (Å²) in [7, 11) is -2.80. The van der Waals surface area contributed by atoms with E-state index in [9.17, 15) is 29.1 Å². The number of pyridine rings is 3. The van der Waals surface area contributed by atoms with Crippen LogP contribution >= 0.6 is 11.3 Å². The number of fused-ring (bicyclic) bond motifs is 4. The minimum absolute atomic E-state index is 0.0664. The molecule has 5 aromatic rings. The Morgan fingerprint density at radius 2 is 1.63 bits per heavy atom. The Balaban J connectivity index is 0.753. The van der Waals surface area contributed by atoms with Crippen molar-refractivity contribution in [2.24, 2.45) is 0 Å². The second kappa shape index (κ2) is 18.8. The molecule has 3 N–H and O–H groups in total. The number of hydrogen-bond acceptors (Lipinski definition) is 15. The molecule has 18 heteroatoms. The van der Waals surface area contributed by atoms with E-state index < -0.39 is 42.8 Å². The van der Waals surface area contributed by atoms with E-state index in [1.165, 1.54) is 16.6 Å². The summed E-state index contributed by atoms with van der Waals surface area (Å²) < 4.78 is 29.0. The monoisotopic (exact) mass is 981 g/mol. The number of piperidine rings is 2. The zero-order valence-corrected chi connectivity index (χ0v) is 40.8. The first kappa shape index (κ1) is 43.1. The lowest BCUT2D eigenvalue weighted by molar-refractivity contribution is -0.136. The van der Waals surface area contributed by atoms with E-state index in [0.717, 1.165) is 91.4 Å². The van der Waals surface area contributed by atoms with Crippen LogP contribution in [-0.2, 0) is 28.9 Å². The molecule has 17 nitrogen and oxygen atoms in total. The van der Waals surface area contributed by atoms with Crippen LogP contribution in [0.15, 0.2) is 61.1 Å². The van der Waals surface area contributed by atoms with E-state index in [0.29, 0.717) is 47.3 Å². The zero-order chi connectivity index (χ0) is 51.7. The summed E-state index contributed by atoms with van der Waals surface area (Å²) in [6.07, 6.45) is 10.8. The molecule has 0 radical (unpaired) electrons. The highest BCUT2D eigenvalue weighted by atomic mass is 32.1. The number of aliphatic hydroxyl groups is 1. The quantitative estimate of drug-likeness (QED) is 0.129. The standard InChI is InChI=1S/C53H58N10O7S/c1-29-23-33(16-19-60(29)34-9-11-39-40(25-34)52(68)63(51(39)67)42-12-14-45(65)58-49(42)66)59-21-22-61(30(2)28-59)35-10-13-44(55-27-35)57-41-24-32(26-56-50(41)70-4)36-15-18-54-48(46(36)31(3)64)62-20-17-38-37-7-5-6-8-43(37)71-47(38)53(62)69/h9-11,13,15,18,24-27,29-31,33,42,64H,5-8,12,14,16-17,19-23,28H2,1-4H3,(H,55,57)(H,58,65,66)/t29-,30-,31-,33?,42-/m0/s1/i4D3. The van der Waals surface area contributed by atoms with Gasteiger partial charge in [-0.15, -0.1) is 11.3 Å². The fraction of sp³-hybridized carbons (Fsp3) is 0.434. The number of rotatable bonds is 10. The largest absolute Gasteiger partial charge is 0.480 e. The maximum atomic E-state index is 14.1. The molecule has 1 unspecified atom stereocenters. The highest BCUT2D eigenvalue weighted by Crippen LogP contribution is 2.42. The number of thiophene rings is 1. The molecule has 5 aliphatic heterocycles. The smallest absolute Gasteiger partial charge is 0.269 e. The first-order valence-corrected chi connectivity index (χ1v) is 25.5. The summed E-state index contributed by atoms with van der Waals surface area (Å²) in [6.45, 7) is 9.67. The van der Waals surface area contributed by atoms with Crippen molar-refractivity contribution in [3.8, 4) is 17.0 Å². The van der Waals surface area contributed by atoms with Crippen molar-refractivity contribution in [3.05, 3.63) is 98.6 Å². The second-order valence-electron chi connectivity index (χ2n) is 19.6. The fourth-order valence-electron chi connectivity index (χ4n) is 11.8. The SMILES string of the molecule is [2H]C([2H])([2H])Oc1ncc(-c2ccnc(N3CCc4c(sc5c4CCCC5)C3=O)c2[C@H](C)O)cc1Nc1ccc(N2CCN(C3CCN(c4ccc5c(c4)C(=O)N([C@H]4CCC(=O)NC4=O)C5=O)[C@@H](C)C3)C[C@@H]2C)cn1. The van der Waals surface area contributed by atoms with Gasteiger partial charge in [0, 0.05) is 91.4 Å². The van der Waals surface area contributed by atoms with Gasteiger partial charge in [0.15, 0.2) is 0 Å². The number of nitrogens with one attached hydrogen (secondary N) is 2. The van der Waals surface area contributed by atoms with Gasteiger partial charge in [0.05, 0.1) is 45.1 Å². The van der Waals surface area contributed by atoms with Gasteiger partial charge in [-0.2, -0.15) is 0 Å². The molecule has 4 aromatic heterocycles. The maximum Gasteiger partial charge on any atom is 0.269 e. The number of carbonyl (C=O) groups excluding carboxylic acids is 5. The van der Waals surface area contributed by atoms with Crippen LogP contribution in [0.25, 0.3) is 11.1 Å². The lowest BCUT2D eigenvalue weighted by Gasteiger charge is -2.48. The number of nitrogens with zero attached hydrogens (tertiary/aromatic N) is 8. The molecule has 0 bridgehead atoms. The van der Waals surface area contributed by atoms with E-state index >= 15 is 0 Å². The molecule has 11 rings (SSSR count). The van der Waals surface area contributed by atoms with Gasteiger partial charge in [-0.3, -0.25) is 44.0 Å². The predicted molar refractivity (Wildman–Crippen MR) is 270 cm³/mol. The summed E-state index contributed by atoms with van der Waals surface area (Å²) in [5.41, 5.74) is 6.65. The molecule has 0 spiro atoms. The summed E-state index contributed by atoms with van der Waals surface area (Å²) in [5, 5.41) is 16.8. The maximum absolute atomic E-state index is 14.1. The van der Waals surface area contributed by atoms with E-state index in [4.69, 9.17) is 13.8 Å². The lowest BCUT2D eigenvalue weighted by atomic mass is 9.91. The fourth-order valence-corrected chi connectivity index (χ4v) is 13.2. The molecule has 368 valence electrons. The number of piperazine rings is 1. The molecule has 1 aliphatic carbocycles. The van der Waals surface area contributed by atoms with E-state index in [1.54, 1.807) is 59.8 Å². The number of ether oxygens (including phenoxy) is 1. The normalized spacial score (nSPS) is 23.9. The Morgan fingerprint density at radius 3 is 2.41 bits per heavy atom. The number of methoxy groups -OCH3 is 1. The third kappa shape index (κ3) is 8.38. The number of anilines is 5. The molecule has 0 saturated carbocycles. The number of aromatic nitrogens is 3. The van der Waals surface area contributed by atoms with Gasteiger partial charge in [0.2, 0.25) is 17.7 Å². The molecule has 1 aromatic carbocycles. The molecule has 5 amide bonds. The van der Waals surface area contributed by atoms with Crippen molar-refractivity contribution in [2.45, 2.75) is 109 Å². The van der Waals surface area contributed by atoms with Gasteiger partial charge in [0.1, 0.15) is 23.4 Å². The zero-order valence-electron chi connectivity index (χ0n) is 42.9. The Bertz CT molecular complexity index is 3090. The van der Waals surface area contributed by atoms with Gasteiger partial charge in [0.25, 0.3) is 17.7 Å². The number of benzene rings is 1. The van der Waals surface area contributed by atoms with Crippen molar-refractivity contribution in [3.63, 3.8) is 0 Å². The number of aryl methyl sites for hydroxylation is 1. The van der Waals surface area contributed by atoms with Crippen LogP contribution < -0.4 is 30.1 Å². The molecule has 3 saturated heterocycles. The van der Waals surface area contributed by atoms with Crippen LogP contribution in [0.5, 0.6) is 5.88 Å². The Morgan fingerprint density at radius 1 is 0.817 bits per heavy atom. The molecular weight excluding hydrogens is 921 g/mol. The lowest BCUT2D eigenvalue weighted by Crippen LogP contribution is -2.58. The Labute approximate surface area is 420 Å². The van der Waals surface area contributed by atoms with Crippen molar-refractivity contribution in [1.82, 2.24) is 30.1 Å². The third-order valence-electron chi connectivity index (χ3n) is 15.3. The first-order valence-electron chi connectivity index (χ1n) is 26.2. The van der Waals surface area contributed by atoms with Crippen LogP contribution in [-0.4, -0.2) is 123 Å². The summed E-state index contributed by atoms with van der Waals surface area (Å²) in [5.74, 6) is -1.54. The molecule has 6 aliphatic rings. The van der Waals surface area contributed by atoms with Crippen molar-refractivity contribution in [2.75, 3.05) is 59.8 Å². The van der Waals surface area contributed by atoms with Crippen molar-refractivity contribution >= 4 is 69.6 Å². The number of carbonyl (C=O) groups is 5. The van der Waals surface area contributed by atoms with E-state index in [1.807, 2.05) is 18.2 Å². The third-order valence-corrected chi connectivity index (χ3v) is 16.7. The first-order chi connectivity index (χ1) is 35.5. The van der Waals surface area contributed by atoms with Crippen LogP contribution in [0.4, 0.5) is 28.7 Å². The minimum Gasteiger partial charge on any atom is -0.480 e. The molecule has 9 heterocycles. The van der Waals surface area contributed by atoms with Crippen LogP contribution in [0.2, 0.25) is 0 Å². The number of hydrogen-bond donors (Lipinski definition) is 3. The average Bonchev–Trinajstić information content (AvgIpc) is 3.89. The van der Waals surface area contributed by atoms with Crippen LogP contribution in [0.1, 0.15) is 121 Å². The number of aliphatic hydroxyl groups excluding tert-OH is 1. The average molecular weight is 982 g/mol. The summed E-state index contributed by atoms with van der Waals surface area (Å²) in [6, 6.07) is 12.2. The van der Waals surface area contributed by atoms with Gasteiger partial charge in [-0.25, -0.2) is 15.0 Å². The molecule has 5 atom stereocenters. The minimum atomic E-state index is -2.80. The van der Waals surface area contributed by atoms with Crippen molar-refractivity contribution in [1.29, 1.82) is 0 Å². The van der Waals surface area contributed by atoms with Crippen molar-refractivity contribution < 1.29 is 37.9 Å².